The normalized spacial score (nSPS) is 34.4. The average molecular weight is 401 g/mol. The van der Waals surface area contributed by atoms with Crippen molar-refractivity contribution in [1.29, 1.82) is 0 Å². The fraction of sp³-hybridized carbons (Fsp3) is 0.636. The fourth-order valence-corrected chi connectivity index (χ4v) is 6.02. The van der Waals surface area contributed by atoms with Gasteiger partial charge in [-0.3, -0.25) is 4.79 Å². The Morgan fingerprint density at radius 2 is 2.07 bits per heavy atom. The second-order valence-corrected chi connectivity index (χ2v) is 9.63. The number of Topliss-reactive ketones (excluding diaryl/α,β-unsaturated/α-hetero) is 1. The lowest BCUT2D eigenvalue weighted by atomic mass is 9.49. The van der Waals surface area contributed by atoms with Crippen LogP contribution in [0.25, 0.3) is 0 Å². The summed E-state index contributed by atoms with van der Waals surface area (Å²) in [5.74, 6) is 1.16. The third-order valence-electron chi connectivity index (χ3n) is 7.09. The highest BCUT2D eigenvalue weighted by atomic mass is 16.6. The Bertz CT molecular complexity index is 921. The van der Waals surface area contributed by atoms with Crippen LogP contribution < -0.4 is 9.47 Å². The smallest absolute Gasteiger partial charge is 0.410 e. The van der Waals surface area contributed by atoms with E-state index in [0.29, 0.717) is 37.3 Å². The first kappa shape index (κ1) is 18.7. The minimum Gasteiger partial charge on any atom is -0.493 e. The molecule has 1 aromatic carbocycles. The summed E-state index contributed by atoms with van der Waals surface area (Å²) >= 11 is 0. The third kappa shape index (κ3) is 2.22. The van der Waals surface area contributed by atoms with E-state index < -0.39 is 34.9 Å². The molecule has 7 nitrogen and oxygen atoms in total. The van der Waals surface area contributed by atoms with Gasteiger partial charge in [0.25, 0.3) is 0 Å². The van der Waals surface area contributed by atoms with Gasteiger partial charge in [-0.25, -0.2) is 4.79 Å². The highest BCUT2D eigenvalue weighted by Gasteiger charge is 2.73. The van der Waals surface area contributed by atoms with Crippen LogP contribution in [-0.4, -0.2) is 58.9 Å². The minimum absolute atomic E-state index is 0.00486. The molecule has 1 saturated carbocycles. The highest BCUT2D eigenvalue weighted by Crippen LogP contribution is 2.64. The zero-order chi connectivity index (χ0) is 20.8. The molecule has 5 rings (SSSR count). The maximum Gasteiger partial charge on any atom is 0.410 e. The molecule has 2 heterocycles. The first-order valence-corrected chi connectivity index (χ1v) is 10.2. The molecule has 0 aromatic heterocycles. The molecule has 156 valence electrons. The van der Waals surface area contributed by atoms with E-state index in [2.05, 4.69) is 0 Å². The number of likely N-dealkylation sites (tertiary alicyclic amines) is 1. The fourth-order valence-electron chi connectivity index (χ4n) is 6.02. The van der Waals surface area contributed by atoms with E-state index in [-0.39, 0.29) is 12.2 Å². The molecular formula is C22H27NO6. The van der Waals surface area contributed by atoms with Crippen LogP contribution >= 0.6 is 0 Å². The van der Waals surface area contributed by atoms with Crippen LogP contribution in [0.4, 0.5) is 4.79 Å². The Kier molecular flexibility index (Phi) is 3.65. The monoisotopic (exact) mass is 401 g/mol. The van der Waals surface area contributed by atoms with Gasteiger partial charge in [0.1, 0.15) is 5.60 Å². The van der Waals surface area contributed by atoms with Crippen molar-refractivity contribution < 1.29 is 28.9 Å². The summed E-state index contributed by atoms with van der Waals surface area (Å²) in [7, 11) is 1.58. The van der Waals surface area contributed by atoms with Crippen molar-refractivity contribution >= 4 is 11.9 Å². The van der Waals surface area contributed by atoms with Gasteiger partial charge in [-0.2, -0.15) is 0 Å². The Balaban J connectivity index is 1.67. The lowest BCUT2D eigenvalue weighted by molar-refractivity contribution is -0.185. The third-order valence-corrected chi connectivity index (χ3v) is 7.09. The number of ether oxygens (including phenoxy) is 3. The number of aliphatic hydroxyl groups is 1. The molecule has 1 amide bonds. The number of amides is 1. The van der Waals surface area contributed by atoms with Crippen LogP contribution in [0.3, 0.4) is 0 Å². The van der Waals surface area contributed by atoms with Crippen molar-refractivity contribution in [2.45, 2.75) is 75.2 Å². The summed E-state index contributed by atoms with van der Waals surface area (Å²) in [6.45, 7) is 5.91. The molecule has 2 fully saturated rings. The first-order valence-electron chi connectivity index (χ1n) is 10.2. The zero-order valence-corrected chi connectivity index (χ0v) is 17.3. The molecule has 2 aliphatic heterocycles. The van der Waals surface area contributed by atoms with Crippen LogP contribution in [-0.2, 0) is 21.4 Å². The molecule has 0 radical (unpaired) electrons. The molecule has 4 atom stereocenters. The molecule has 1 spiro atoms. The molecule has 1 saturated heterocycles. The van der Waals surface area contributed by atoms with Crippen molar-refractivity contribution in [2.24, 2.45) is 0 Å². The predicted molar refractivity (Wildman–Crippen MR) is 103 cm³/mol. The molecule has 4 aliphatic rings. The van der Waals surface area contributed by atoms with Crippen LogP contribution in [0.1, 0.15) is 51.2 Å². The lowest BCUT2D eigenvalue weighted by Crippen LogP contribution is -2.77. The van der Waals surface area contributed by atoms with E-state index >= 15 is 0 Å². The van der Waals surface area contributed by atoms with Gasteiger partial charge in [0.2, 0.25) is 0 Å². The summed E-state index contributed by atoms with van der Waals surface area (Å²) in [4.78, 5) is 27.5. The number of carbonyl (C=O) groups excluding carboxylic acids is 2. The maximum absolute atomic E-state index is 13.0. The van der Waals surface area contributed by atoms with Gasteiger partial charge in [-0.15, -0.1) is 0 Å². The summed E-state index contributed by atoms with van der Waals surface area (Å²) in [5.41, 5.74) is -0.809. The summed E-state index contributed by atoms with van der Waals surface area (Å²) in [6.07, 6.45) is 0.320. The number of benzene rings is 1. The summed E-state index contributed by atoms with van der Waals surface area (Å²) in [6, 6.07) is 3.34. The molecule has 7 heteroatoms. The van der Waals surface area contributed by atoms with E-state index in [4.69, 9.17) is 14.2 Å². The highest BCUT2D eigenvalue weighted by molar-refractivity contribution is 5.90. The van der Waals surface area contributed by atoms with E-state index in [1.54, 1.807) is 12.0 Å². The van der Waals surface area contributed by atoms with Crippen molar-refractivity contribution in [3.05, 3.63) is 23.3 Å². The Hall–Kier alpha value is -2.28. The Morgan fingerprint density at radius 1 is 1.31 bits per heavy atom. The van der Waals surface area contributed by atoms with Crippen molar-refractivity contribution in [1.82, 2.24) is 4.90 Å². The molecule has 1 N–H and O–H groups in total. The second kappa shape index (κ2) is 5.65. The van der Waals surface area contributed by atoms with Gasteiger partial charge in [0.05, 0.1) is 24.2 Å². The van der Waals surface area contributed by atoms with Crippen LogP contribution in [0.5, 0.6) is 11.5 Å². The predicted octanol–water partition coefficient (Wildman–Crippen LogP) is 2.35. The number of nitrogens with zero attached hydrogens (tertiary/aromatic N) is 1. The van der Waals surface area contributed by atoms with Gasteiger partial charge < -0.3 is 24.2 Å². The molecular weight excluding hydrogens is 374 g/mol. The van der Waals surface area contributed by atoms with Crippen molar-refractivity contribution in [2.75, 3.05) is 13.7 Å². The number of piperidine rings is 1. The average Bonchev–Trinajstić information content (AvgIpc) is 2.98. The van der Waals surface area contributed by atoms with E-state index in [1.807, 2.05) is 32.9 Å². The Morgan fingerprint density at radius 3 is 2.76 bits per heavy atom. The SMILES string of the molecule is COc1ccc2c3c1O[C@H]1C(=O)CC[C@@]4(O)[C@@H](C2)N(C(=O)OC(C)(C)C)CC[C@]314. The molecule has 1 aromatic rings. The molecule has 2 aliphatic carbocycles. The first-order chi connectivity index (χ1) is 13.6. The van der Waals surface area contributed by atoms with Gasteiger partial charge in [-0.1, -0.05) is 6.07 Å². The van der Waals surface area contributed by atoms with Gasteiger partial charge >= 0.3 is 6.09 Å². The number of ketones is 1. The van der Waals surface area contributed by atoms with E-state index in [1.165, 1.54) is 0 Å². The van der Waals surface area contributed by atoms with Crippen LogP contribution in [0.2, 0.25) is 0 Å². The second-order valence-electron chi connectivity index (χ2n) is 9.63. The number of hydrogen-bond acceptors (Lipinski definition) is 6. The standard InChI is InChI=1S/C22H27NO6/c1-20(2,3)29-19(25)23-10-9-21-16-12-5-6-14(27-4)17(16)28-18(21)13(24)7-8-22(21,26)15(23)11-12/h5-6,15,18,26H,7-11H2,1-4H3/t15-,18+,21+,22-/m1/s1. The number of carbonyl (C=O) groups is 2. The zero-order valence-electron chi connectivity index (χ0n) is 17.3. The molecule has 0 unspecified atom stereocenters. The van der Waals surface area contributed by atoms with Crippen LogP contribution in [0.15, 0.2) is 12.1 Å². The van der Waals surface area contributed by atoms with E-state index in [9.17, 15) is 14.7 Å². The summed E-state index contributed by atoms with van der Waals surface area (Å²) in [5, 5.41) is 12.1. The Labute approximate surface area is 169 Å². The van der Waals surface area contributed by atoms with Gasteiger partial charge in [0.15, 0.2) is 23.4 Å². The van der Waals surface area contributed by atoms with Crippen LogP contribution in [0, 0.1) is 0 Å². The summed E-state index contributed by atoms with van der Waals surface area (Å²) < 4.78 is 17.3. The largest absolute Gasteiger partial charge is 0.493 e. The van der Waals surface area contributed by atoms with Crippen molar-refractivity contribution in [3.63, 3.8) is 0 Å². The van der Waals surface area contributed by atoms with E-state index in [0.717, 1.165) is 11.1 Å². The van der Waals surface area contributed by atoms with Gasteiger partial charge in [-0.05, 0) is 51.7 Å². The van der Waals surface area contributed by atoms with Gasteiger partial charge in [0, 0.05) is 18.5 Å². The van der Waals surface area contributed by atoms with Crippen molar-refractivity contribution in [3.8, 4) is 11.5 Å². The number of rotatable bonds is 1. The molecule has 29 heavy (non-hydrogen) atoms. The lowest BCUT2D eigenvalue weighted by Gasteiger charge is -2.62. The number of methoxy groups -OCH3 is 1. The minimum atomic E-state index is -1.24. The quantitative estimate of drug-likeness (QED) is 0.778. The topological polar surface area (TPSA) is 85.3 Å². The number of hydrogen-bond donors (Lipinski definition) is 1. The molecule has 2 bridgehead atoms. The maximum atomic E-state index is 13.0.